The van der Waals surface area contributed by atoms with Crippen molar-refractivity contribution in [1.82, 2.24) is 0 Å². The van der Waals surface area contributed by atoms with Crippen molar-refractivity contribution in [2.24, 2.45) is 0 Å². The summed E-state index contributed by atoms with van der Waals surface area (Å²) in [5, 5.41) is 9.56. The molecule has 1 aromatic rings. The van der Waals surface area contributed by atoms with Gasteiger partial charge in [0.2, 0.25) is 0 Å². The van der Waals surface area contributed by atoms with E-state index in [-0.39, 0.29) is 5.60 Å². The molecule has 0 amide bonds. The van der Waals surface area contributed by atoms with Gasteiger partial charge in [0.05, 0.1) is 0 Å². The van der Waals surface area contributed by atoms with Gasteiger partial charge in [-0.25, -0.2) is 0 Å². The maximum absolute atomic E-state index is 9.56. The first-order valence-electron chi connectivity index (χ1n) is 8.68. The lowest BCUT2D eigenvalue weighted by Gasteiger charge is -2.35. The van der Waals surface area contributed by atoms with Gasteiger partial charge < -0.3 is 9.84 Å². The number of hydrogen-bond donors (Lipinski definition) is 1. The molecule has 1 aliphatic rings. The number of fused-ring (bicyclic) bond motifs is 1. The minimum Gasteiger partial charge on any atom is -0.508 e. The number of aromatic hydroxyl groups is 1. The molecule has 23 heavy (non-hydrogen) atoms. The molecule has 1 N–H and O–H groups in total. The van der Waals surface area contributed by atoms with E-state index in [1.807, 2.05) is 12.1 Å². The SMILES string of the molecule is CC(C)=CCCC(C)=CCCC1(C)CCc2cc(O)ccc2O1. The summed E-state index contributed by atoms with van der Waals surface area (Å²) in [6.07, 6.45) is 11.0. The lowest BCUT2D eigenvalue weighted by atomic mass is 9.88. The number of ether oxygens (including phenoxy) is 1. The summed E-state index contributed by atoms with van der Waals surface area (Å²) < 4.78 is 6.22. The van der Waals surface area contributed by atoms with E-state index in [0.717, 1.165) is 49.8 Å². The van der Waals surface area contributed by atoms with Crippen molar-refractivity contribution in [1.29, 1.82) is 0 Å². The minimum absolute atomic E-state index is 0.0966. The zero-order valence-electron chi connectivity index (χ0n) is 15.0. The van der Waals surface area contributed by atoms with Gasteiger partial charge in [0.25, 0.3) is 0 Å². The number of aryl methyl sites for hydroxylation is 1. The third kappa shape index (κ3) is 5.46. The standard InChI is InChI=1S/C21H30O2/c1-16(2)7-5-8-17(3)9-6-13-21(4)14-12-18-15-19(22)10-11-20(18)23-21/h7,9-11,15,22H,5-6,8,12-14H2,1-4H3. The van der Waals surface area contributed by atoms with Gasteiger partial charge in [-0.3, -0.25) is 0 Å². The number of rotatable bonds is 6. The van der Waals surface area contributed by atoms with Crippen molar-refractivity contribution in [3.05, 3.63) is 47.1 Å². The van der Waals surface area contributed by atoms with Crippen LogP contribution in [0.5, 0.6) is 11.5 Å². The Bertz CT molecular complexity index is 594. The van der Waals surface area contributed by atoms with Gasteiger partial charge in [0, 0.05) is 0 Å². The first-order valence-corrected chi connectivity index (χ1v) is 8.68. The molecule has 1 heterocycles. The minimum atomic E-state index is -0.0966. The highest BCUT2D eigenvalue weighted by atomic mass is 16.5. The second-order valence-electron chi connectivity index (χ2n) is 7.25. The Kier molecular flexibility index (Phi) is 5.92. The predicted molar refractivity (Wildman–Crippen MR) is 97.1 cm³/mol. The molecule has 0 aliphatic carbocycles. The van der Waals surface area contributed by atoms with Gasteiger partial charge in [-0.1, -0.05) is 23.3 Å². The van der Waals surface area contributed by atoms with Gasteiger partial charge in [-0.15, -0.1) is 0 Å². The van der Waals surface area contributed by atoms with Crippen molar-refractivity contribution in [3.8, 4) is 11.5 Å². The number of phenols is 1. The summed E-state index contributed by atoms with van der Waals surface area (Å²) in [5.74, 6) is 1.26. The third-order valence-electron chi connectivity index (χ3n) is 4.58. The highest BCUT2D eigenvalue weighted by Gasteiger charge is 2.30. The zero-order chi connectivity index (χ0) is 16.9. The monoisotopic (exact) mass is 314 g/mol. The molecule has 1 aromatic carbocycles. The lowest BCUT2D eigenvalue weighted by Crippen LogP contribution is -2.36. The molecule has 0 radical (unpaired) electrons. The third-order valence-corrected chi connectivity index (χ3v) is 4.58. The smallest absolute Gasteiger partial charge is 0.123 e. The largest absolute Gasteiger partial charge is 0.508 e. The van der Waals surface area contributed by atoms with Crippen molar-refractivity contribution < 1.29 is 9.84 Å². The van der Waals surface area contributed by atoms with Gasteiger partial charge in [0.15, 0.2) is 0 Å². The van der Waals surface area contributed by atoms with Crippen LogP contribution in [0, 0.1) is 0 Å². The van der Waals surface area contributed by atoms with Gasteiger partial charge in [-0.05, 0) is 90.0 Å². The summed E-state index contributed by atoms with van der Waals surface area (Å²) in [7, 11) is 0. The molecule has 0 saturated carbocycles. The molecule has 2 heteroatoms. The molecule has 1 aliphatic heterocycles. The van der Waals surface area contributed by atoms with Crippen LogP contribution in [-0.4, -0.2) is 10.7 Å². The van der Waals surface area contributed by atoms with Crippen molar-refractivity contribution in [2.45, 2.75) is 71.8 Å². The topological polar surface area (TPSA) is 29.5 Å². The van der Waals surface area contributed by atoms with E-state index in [0.29, 0.717) is 5.75 Å². The van der Waals surface area contributed by atoms with E-state index in [2.05, 4.69) is 39.8 Å². The Hall–Kier alpha value is -1.70. The fraction of sp³-hybridized carbons (Fsp3) is 0.524. The quantitative estimate of drug-likeness (QED) is 0.657. The fourth-order valence-corrected chi connectivity index (χ4v) is 3.07. The molecule has 126 valence electrons. The molecule has 2 rings (SSSR count). The zero-order valence-corrected chi connectivity index (χ0v) is 15.0. The van der Waals surface area contributed by atoms with E-state index in [1.54, 1.807) is 6.07 Å². The molecule has 0 bridgehead atoms. The van der Waals surface area contributed by atoms with Gasteiger partial charge in [-0.2, -0.15) is 0 Å². The number of hydrogen-bond acceptors (Lipinski definition) is 2. The van der Waals surface area contributed by atoms with Crippen LogP contribution in [0.3, 0.4) is 0 Å². The van der Waals surface area contributed by atoms with E-state index in [1.165, 1.54) is 11.1 Å². The Labute approximate surface area is 140 Å². The average Bonchev–Trinajstić information content (AvgIpc) is 2.47. The molecule has 0 fully saturated rings. The van der Waals surface area contributed by atoms with Crippen LogP contribution in [-0.2, 0) is 6.42 Å². The lowest BCUT2D eigenvalue weighted by molar-refractivity contribution is 0.0570. The van der Waals surface area contributed by atoms with E-state index >= 15 is 0 Å². The highest BCUT2D eigenvalue weighted by Crippen LogP contribution is 2.37. The molecule has 1 atom stereocenters. The highest BCUT2D eigenvalue weighted by molar-refractivity contribution is 5.41. The second-order valence-corrected chi connectivity index (χ2v) is 7.25. The van der Waals surface area contributed by atoms with Crippen LogP contribution in [0.15, 0.2) is 41.5 Å². The van der Waals surface area contributed by atoms with Crippen LogP contribution in [0.1, 0.15) is 65.4 Å². The average molecular weight is 314 g/mol. The maximum Gasteiger partial charge on any atom is 0.123 e. The van der Waals surface area contributed by atoms with Crippen molar-refractivity contribution in [3.63, 3.8) is 0 Å². The van der Waals surface area contributed by atoms with Crippen LogP contribution in [0.25, 0.3) is 0 Å². The summed E-state index contributed by atoms with van der Waals surface area (Å²) in [6.45, 7) is 8.73. The summed E-state index contributed by atoms with van der Waals surface area (Å²) >= 11 is 0. The first-order chi connectivity index (χ1) is 10.9. The Morgan fingerprint density at radius 2 is 2.00 bits per heavy atom. The molecular formula is C21H30O2. The fourth-order valence-electron chi connectivity index (χ4n) is 3.07. The Morgan fingerprint density at radius 3 is 2.74 bits per heavy atom. The Morgan fingerprint density at radius 1 is 1.22 bits per heavy atom. The maximum atomic E-state index is 9.56. The van der Waals surface area contributed by atoms with Crippen molar-refractivity contribution >= 4 is 0 Å². The van der Waals surface area contributed by atoms with Crippen LogP contribution in [0.4, 0.5) is 0 Å². The second kappa shape index (κ2) is 7.72. The van der Waals surface area contributed by atoms with Crippen LogP contribution >= 0.6 is 0 Å². The predicted octanol–water partition coefficient (Wildman–Crippen LogP) is 5.95. The van der Waals surface area contributed by atoms with Crippen molar-refractivity contribution in [2.75, 3.05) is 0 Å². The molecule has 0 spiro atoms. The van der Waals surface area contributed by atoms with E-state index in [4.69, 9.17) is 4.74 Å². The summed E-state index contributed by atoms with van der Waals surface area (Å²) in [5.41, 5.74) is 3.88. The Balaban J connectivity index is 1.86. The van der Waals surface area contributed by atoms with Gasteiger partial charge >= 0.3 is 0 Å². The van der Waals surface area contributed by atoms with Crippen LogP contribution < -0.4 is 4.74 Å². The summed E-state index contributed by atoms with van der Waals surface area (Å²) in [6, 6.07) is 5.42. The number of allylic oxidation sites excluding steroid dienone is 4. The normalized spacial score (nSPS) is 20.6. The molecule has 1 unspecified atom stereocenters. The van der Waals surface area contributed by atoms with Crippen LogP contribution in [0.2, 0.25) is 0 Å². The molecular weight excluding hydrogens is 284 g/mol. The molecule has 0 saturated heterocycles. The number of benzene rings is 1. The first kappa shape index (κ1) is 17.7. The molecule has 0 aromatic heterocycles. The number of phenolic OH excluding ortho intramolecular Hbond substituents is 1. The van der Waals surface area contributed by atoms with E-state index in [9.17, 15) is 5.11 Å². The van der Waals surface area contributed by atoms with Gasteiger partial charge in [0.1, 0.15) is 17.1 Å². The molecule has 2 nitrogen and oxygen atoms in total. The van der Waals surface area contributed by atoms with E-state index < -0.39 is 0 Å². The summed E-state index contributed by atoms with van der Waals surface area (Å²) in [4.78, 5) is 0.